The third kappa shape index (κ3) is 1.69. The first-order valence-corrected chi connectivity index (χ1v) is 7.89. The van der Waals surface area contributed by atoms with Crippen molar-refractivity contribution in [2.75, 3.05) is 24.5 Å². The van der Waals surface area contributed by atoms with E-state index in [1.54, 1.807) is 0 Å². The van der Waals surface area contributed by atoms with Gasteiger partial charge in [0.1, 0.15) is 0 Å². The normalized spacial score (nSPS) is 33.6. The lowest BCUT2D eigenvalue weighted by molar-refractivity contribution is -0.148. The van der Waals surface area contributed by atoms with Crippen LogP contribution in [0, 0.1) is 19.8 Å². The van der Waals surface area contributed by atoms with Crippen molar-refractivity contribution in [2.24, 2.45) is 5.92 Å². The van der Waals surface area contributed by atoms with Crippen molar-refractivity contribution < 1.29 is 14.3 Å². The highest BCUT2D eigenvalue weighted by Crippen LogP contribution is 2.44. The number of aryl methyl sites for hydroxylation is 1. The summed E-state index contributed by atoms with van der Waals surface area (Å²) in [5.74, 6) is -0.0235. The van der Waals surface area contributed by atoms with E-state index in [0.29, 0.717) is 12.2 Å². The average molecular weight is 300 g/mol. The lowest BCUT2D eigenvalue weighted by Gasteiger charge is -2.48. The molecule has 0 radical (unpaired) electrons. The number of rotatable bonds is 1. The van der Waals surface area contributed by atoms with Gasteiger partial charge in [-0.1, -0.05) is 12.1 Å². The highest BCUT2D eigenvalue weighted by Gasteiger charge is 2.62. The third-order valence-corrected chi connectivity index (χ3v) is 5.54. The number of carbonyl (C=O) groups is 2. The summed E-state index contributed by atoms with van der Waals surface area (Å²) in [4.78, 5) is 29.1. The second-order valence-electron chi connectivity index (χ2n) is 6.67. The van der Waals surface area contributed by atoms with Crippen molar-refractivity contribution in [1.82, 2.24) is 4.90 Å². The number of carbonyl (C=O) groups excluding carboxylic acids is 2. The number of amides is 2. The number of nitrogens with zero attached hydrogens (tertiary/aromatic N) is 2. The maximum atomic E-state index is 13.1. The molecule has 0 N–H and O–H groups in total. The van der Waals surface area contributed by atoms with Crippen molar-refractivity contribution in [3.05, 3.63) is 29.3 Å². The van der Waals surface area contributed by atoms with E-state index >= 15 is 0 Å². The van der Waals surface area contributed by atoms with Gasteiger partial charge in [-0.15, -0.1) is 0 Å². The van der Waals surface area contributed by atoms with Crippen LogP contribution >= 0.6 is 0 Å². The predicted molar refractivity (Wildman–Crippen MR) is 81.8 cm³/mol. The van der Waals surface area contributed by atoms with Crippen molar-refractivity contribution in [3.63, 3.8) is 0 Å². The topological polar surface area (TPSA) is 49.9 Å². The molecule has 0 aromatic heterocycles. The van der Waals surface area contributed by atoms with E-state index in [4.69, 9.17) is 4.74 Å². The number of fused-ring (bicyclic) bond motifs is 2. The minimum absolute atomic E-state index is 0.157. The van der Waals surface area contributed by atoms with Gasteiger partial charge in [0.15, 0.2) is 0 Å². The predicted octanol–water partition coefficient (Wildman–Crippen LogP) is 2.25. The van der Waals surface area contributed by atoms with Gasteiger partial charge >= 0.3 is 6.09 Å². The molecule has 0 saturated carbocycles. The minimum Gasteiger partial charge on any atom is -0.430 e. The zero-order valence-corrected chi connectivity index (χ0v) is 13.0. The zero-order valence-electron chi connectivity index (χ0n) is 13.0. The van der Waals surface area contributed by atoms with E-state index in [1.807, 2.05) is 32.0 Å². The van der Waals surface area contributed by atoms with Gasteiger partial charge in [0.2, 0.25) is 5.60 Å². The van der Waals surface area contributed by atoms with Gasteiger partial charge in [-0.3, -0.25) is 9.69 Å². The van der Waals surface area contributed by atoms with Crippen LogP contribution in [-0.2, 0) is 9.53 Å². The van der Waals surface area contributed by atoms with Gasteiger partial charge < -0.3 is 4.74 Å². The number of piperidine rings is 3. The van der Waals surface area contributed by atoms with Crippen LogP contribution in [-0.4, -0.2) is 42.1 Å². The second kappa shape index (κ2) is 4.56. The van der Waals surface area contributed by atoms with Crippen LogP contribution in [0.25, 0.3) is 0 Å². The molecule has 116 valence electrons. The van der Waals surface area contributed by atoms with Crippen LogP contribution in [0.15, 0.2) is 18.2 Å². The van der Waals surface area contributed by atoms with Gasteiger partial charge in [-0.05, 0) is 57.0 Å². The SMILES string of the molecule is Cc1cccc(N2C(=O)OC3(CN4CCC3CC4)C2=O)c1C. The molecule has 22 heavy (non-hydrogen) atoms. The van der Waals surface area contributed by atoms with E-state index in [0.717, 1.165) is 37.1 Å². The van der Waals surface area contributed by atoms with E-state index in [-0.39, 0.29) is 11.8 Å². The van der Waals surface area contributed by atoms with Gasteiger partial charge in [-0.2, -0.15) is 0 Å². The summed E-state index contributed by atoms with van der Waals surface area (Å²) in [5.41, 5.74) is 1.71. The Bertz CT molecular complexity index is 664. The number of anilines is 1. The molecular weight excluding hydrogens is 280 g/mol. The second-order valence-corrected chi connectivity index (χ2v) is 6.67. The standard InChI is InChI=1S/C17H20N2O3/c1-11-4-3-5-14(12(11)2)19-15(20)17(22-16(19)21)10-18-8-6-13(17)7-9-18/h3-5,13H,6-10H2,1-2H3. The molecule has 4 aliphatic heterocycles. The number of benzene rings is 1. The summed E-state index contributed by atoms with van der Waals surface area (Å²) >= 11 is 0. The molecule has 2 bridgehead atoms. The Balaban J connectivity index is 1.76. The lowest BCUT2D eigenvalue weighted by atomic mass is 9.75. The van der Waals surface area contributed by atoms with E-state index in [1.165, 1.54) is 4.90 Å². The highest BCUT2D eigenvalue weighted by atomic mass is 16.6. The maximum absolute atomic E-state index is 13.1. The van der Waals surface area contributed by atoms with Crippen LogP contribution in [0.2, 0.25) is 0 Å². The van der Waals surface area contributed by atoms with E-state index in [9.17, 15) is 9.59 Å². The summed E-state index contributed by atoms with van der Waals surface area (Å²) in [6.07, 6.45) is 1.34. The summed E-state index contributed by atoms with van der Waals surface area (Å²) in [6.45, 7) is 6.46. The summed E-state index contributed by atoms with van der Waals surface area (Å²) in [5, 5.41) is 0. The molecular formula is C17H20N2O3. The monoisotopic (exact) mass is 300 g/mol. The van der Waals surface area contributed by atoms with Gasteiger partial charge in [0, 0.05) is 12.5 Å². The summed E-state index contributed by atoms with van der Waals surface area (Å²) in [6, 6.07) is 5.68. The Morgan fingerprint density at radius 1 is 1.18 bits per heavy atom. The van der Waals surface area contributed by atoms with Crippen molar-refractivity contribution in [3.8, 4) is 0 Å². The van der Waals surface area contributed by atoms with Gasteiger partial charge in [-0.25, -0.2) is 9.69 Å². The van der Waals surface area contributed by atoms with Crippen LogP contribution < -0.4 is 4.90 Å². The van der Waals surface area contributed by atoms with Crippen LogP contribution in [0.1, 0.15) is 24.0 Å². The first kappa shape index (κ1) is 13.8. The largest absolute Gasteiger partial charge is 0.430 e. The molecule has 1 aromatic rings. The number of hydrogen-bond acceptors (Lipinski definition) is 4. The fourth-order valence-corrected chi connectivity index (χ4v) is 4.08. The summed E-state index contributed by atoms with van der Waals surface area (Å²) in [7, 11) is 0. The highest BCUT2D eigenvalue weighted by molar-refractivity contribution is 6.20. The zero-order chi connectivity index (χ0) is 15.5. The molecule has 0 aliphatic carbocycles. The first-order chi connectivity index (χ1) is 10.5. The van der Waals surface area contributed by atoms with Crippen LogP contribution in [0.3, 0.4) is 0 Å². The number of imide groups is 1. The van der Waals surface area contributed by atoms with Crippen LogP contribution in [0.4, 0.5) is 10.5 Å². The Kier molecular flexibility index (Phi) is 2.85. The van der Waals surface area contributed by atoms with E-state index in [2.05, 4.69) is 4.90 Å². The molecule has 1 spiro atoms. The van der Waals surface area contributed by atoms with Crippen molar-refractivity contribution in [2.45, 2.75) is 32.3 Å². The minimum atomic E-state index is -0.955. The molecule has 4 aliphatic rings. The molecule has 1 atom stereocenters. The van der Waals surface area contributed by atoms with Gasteiger partial charge in [0.05, 0.1) is 5.69 Å². The maximum Gasteiger partial charge on any atom is 0.422 e. The molecule has 1 aromatic carbocycles. The van der Waals surface area contributed by atoms with Gasteiger partial charge in [0.25, 0.3) is 5.91 Å². The molecule has 4 heterocycles. The smallest absolute Gasteiger partial charge is 0.422 e. The first-order valence-electron chi connectivity index (χ1n) is 7.89. The Hall–Kier alpha value is -1.88. The van der Waals surface area contributed by atoms with Crippen molar-refractivity contribution in [1.29, 1.82) is 0 Å². The lowest BCUT2D eigenvalue weighted by Crippen LogP contribution is -2.63. The fraction of sp³-hybridized carbons (Fsp3) is 0.529. The number of ether oxygens (including phenoxy) is 1. The van der Waals surface area contributed by atoms with Crippen molar-refractivity contribution >= 4 is 17.7 Å². The Morgan fingerprint density at radius 3 is 2.55 bits per heavy atom. The Labute approximate surface area is 129 Å². The molecule has 5 rings (SSSR count). The summed E-state index contributed by atoms with van der Waals surface area (Å²) < 4.78 is 5.69. The quantitative estimate of drug-likeness (QED) is 0.798. The Morgan fingerprint density at radius 2 is 1.91 bits per heavy atom. The molecule has 1 unspecified atom stereocenters. The molecule has 5 heteroatoms. The molecule has 5 nitrogen and oxygen atoms in total. The fourth-order valence-electron chi connectivity index (χ4n) is 4.08. The number of hydrogen-bond donors (Lipinski definition) is 0. The molecule has 2 amide bonds. The van der Waals surface area contributed by atoms with Crippen LogP contribution in [0.5, 0.6) is 0 Å². The third-order valence-electron chi connectivity index (χ3n) is 5.54. The molecule has 4 saturated heterocycles. The van der Waals surface area contributed by atoms with E-state index < -0.39 is 11.7 Å². The average Bonchev–Trinajstić information content (AvgIpc) is 2.74. The molecule has 4 fully saturated rings.